The van der Waals surface area contributed by atoms with E-state index in [1.807, 2.05) is 6.26 Å². The Kier molecular flexibility index (Phi) is 8.22. The van der Waals surface area contributed by atoms with Gasteiger partial charge in [0.25, 0.3) is 0 Å². The Hall–Kier alpha value is -1.48. The lowest BCUT2D eigenvalue weighted by molar-refractivity contribution is -0.143. The fourth-order valence-electron chi connectivity index (χ4n) is 3.17. The third-order valence-electron chi connectivity index (χ3n) is 4.47. The van der Waals surface area contributed by atoms with E-state index in [2.05, 4.69) is 15.6 Å². The predicted octanol–water partition coefficient (Wildman–Crippen LogP) is 3.24. The lowest BCUT2D eigenvalue weighted by atomic mass is 10.1. The van der Waals surface area contributed by atoms with Crippen LogP contribution in [0.3, 0.4) is 0 Å². The third-order valence-corrected chi connectivity index (χ3v) is 5.07. The SMILES string of the molecule is CN=C(NCc1ccc(F)cc1CSC)NCC1CCN(CC(F)(F)F)C1. The van der Waals surface area contributed by atoms with Crippen molar-refractivity contribution >= 4 is 17.7 Å². The maximum atomic E-state index is 13.4. The summed E-state index contributed by atoms with van der Waals surface area (Å²) in [5.41, 5.74) is 1.93. The van der Waals surface area contributed by atoms with Crippen molar-refractivity contribution in [3.63, 3.8) is 0 Å². The average Bonchev–Trinajstić information content (AvgIpc) is 3.02. The number of hydrogen-bond donors (Lipinski definition) is 2. The molecule has 2 N–H and O–H groups in total. The molecule has 0 radical (unpaired) electrons. The smallest absolute Gasteiger partial charge is 0.356 e. The zero-order valence-electron chi connectivity index (χ0n) is 15.6. The largest absolute Gasteiger partial charge is 0.401 e. The number of nitrogens with zero attached hydrogens (tertiary/aromatic N) is 2. The summed E-state index contributed by atoms with van der Waals surface area (Å²) in [5.74, 6) is 1.21. The molecule has 1 fully saturated rings. The maximum Gasteiger partial charge on any atom is 0.401 e. The van der Waals surface area contributed by atoms with Crippen molar-refractivity contribution in [2.75, 3.05) is 39.5 Å². The van der Waals surface area contributed by atoms with Crippen LogP contribution < -0.4 is 10.6 Å². The van der Waals surface area contributed by atoms with E-state index < -0.39 is 12.7 Å². The normalized spacial score (nSPS) is 18.7. The minimum absolute atomic E-state index is 0.156. The number of guanidine groups is 1. The molecule has 1 saturated heterocycles. The van der Waals surface area contributed by atoms with Gasteiger partial charge in [0.2, 0.25) is 0 Å². The Morgan fingerprint density at radius 3 is 2.74 bits per heavy atom. The van der Waals surface area contributed by atoms with Gasteiger partial charge in [-0.3, -0.25) is 9.89 Å². The van der Waals surface area contributed by atoms with Crippen LogP contribution in [0.2, 0.25) is 0 Å². The van der Waals surface area contributed by atoms with Crippen molar-refractivity contribution in [2.45, 2.75) is 24.9 Å². The van der Waals surface area contributed by atoms with Crippen LogP contribution in [0, 0.1) is 11.7 Å². The standard InChI is InChI=1S/C18H26F4N4S/c1-23-17(24-8-13-5-6-26(10-13)12-18(20,21)22)25-9-14-3-4-16(19)7-15(14)11-27-2/h3-4,7,13H,5-6,8-12H2,1-2H3,(H2,23,24,25). The highest BCUT2D eigenvalue weighted by molar-refractivity contribution is 7.97. The molecule has 152 valence electrons. The molecule has 1 atom stereocenters. The second-order valence-corrected chi connectivity index (χ2v) is 7.52. The van der Waals surface area contributed by atoms with Crippen LogP contribution in [-0.2, 0) is 12.3 Å². The van der Waals surface area contributed by atoms with Crippen molar-refractivity contribution in [2.24, 2.45) is 10.9 Å². The number of thioether (sulfide) groups is 1. The van der Waals surface area contributed by atoms with Gasteiger partial charge in [0.05, 0.1) is 6.54 Å². The molecule has 0 saturated carbocycles. The fourth-order valence-corrected chi connectivity index (χ4v) is 3.75. The van der Waals surface area contributed by atoms with E-state index in [4.69, 9.17) is 0 Å². The number of alkyl halides is 3. The van der Waals surface area contributed by atoms with Gasteiger partial charge in [-0.25, -0.2) is 4.39 Å². The summed E-state index contributed by atoms with van der Waals surface area (Å²) in [6.07, 6.45) is -1.45. The van der Waals surface area contributed by atoms with Gasteiger partial charge in [-0.05, 0) is 48.4 Å². The van der Waals surface area contributed by atoms with Gasteiger partial charge in [0.15, 0.2) is 5.96 Å². The number of aliphatic imine (C=N–C) groups is 1. The molecule has 1 heterocycles. The molecule has 0 aliphatic carbocycles. The highest BCUT2D eigenvalue weighted by Crippen LogP contribution is 2.22. The number of benzene rings is 1. The molecule has 1 aliphatic heterocycles. The molecule has 9 heteroatoms. The molecule has 1 aromatic carbocycles. The first-order valence-electron chi connectivity index (χ1n) is 8.80. The van der Waals surface area contributed by atoms with Crippen molar-refractivity contribution in [3.05, 3.63) is 35.1 Å². The van der Waals surface area contributed by atoms with E-state index in [1.54, 1.807) is 24.9 Å². The number of likely N-dealkylation sites (tertiary alicyclic amines) is 1. The first-order chi connectivity index (χ1) is 12.8. The number of rotatable bonds is 7. The molecule has 1 aromatic rings. The minimum atomic E-state index is -4.15. The van der Waals surface area contributed by atoms with Crippen LogP contribution in [-0.4, -0.2) is 56.5 Å². The van der Waals surface area contributed by atoms with Crippen LogP contribution in [0.1, 0.15) is 17.5 Å². The summed E-state index contributed by atoms with van der Waals surface area (Å²) in [5, 5.41) is 6.37. The van der Waals surface area contributed by atoms with Crippen LogP contribution in [0.5, 0.6) is 0 Å². The summed E-state index contributed by atoms with van der Waals surface area (Å²) < 4.78 is 50.8. The Labute approximate surface area is 161 Å². The second kappa shape index (κ2) is 10.2. The van der Waals surface area contributed by atoms with Gasteiger partial charge in [0, 0.05) is 32.4 Å². The predicted molar refractivity (Wildman–Crippen MR) is 102 cm³/mol. The van der Waals surface area contributed by atoms with E-state index >= 15 is 0 Å². The number of nitrogens with one attached hydrogen (secondary N) is 2. The zero-order valence-corrected chi connectivity index (χ0v) is 16.4. The Morgan fingerprint density at radius 2 is 2.07 bits per heavy atom. The summed E-state index contributed by atoms with van der Waals surface area (Å²) >= 11 is 1.62. The minimum Gasteiger partial charge on any atom is -0.356 e. The number of halogens is 4. The van der Waals surface area contributed by atoms with Crippen molar-refractivity contribution < 1.29 is 17.6 Å². The van der Waals surface area contributed by atoms with Gasteiger partial charge in [-0.15, -0.1) is 0 Å². The molecular weight excluding hydrogens is 380 g/mol. The van der Waals surface area contributed by atoms with E-state index in [0.717, 1.165) is 23.3 Å². The Morgan fingerprint density at radius 1 is 1.30 bits per heavy atom. The van der Waals surface area contributed by atoms with Crippen LogP contribution in [0.25, 0.3) is 0 Å². The van der Waals surface area contributed by atoms with E-state index in [1.165, 1.54) is 17.0 Å². The molecule has 1 unspecified atom stereocenters. The topological polar surface area (TPSA) is 39.7 Å². The van der Waals surface area contributed by atoms with Gasteiger partial charge in [0.1, 0.15) is 5.82 Å². The van der Waals surface area contributed by atoms with Crippen LogP contribution in [0.4, 0.5) is 17.6 Å². The van der Waals surface area contributed by atoms with E-state index in [-0.39, 0.29) is 11.7 Å². The first kappa shape index (κ1) is 21.8. The van der Waals surface area contributed by atoms with Crippen LogP contribution in [0.15, 0.2) is 23.2 Å². The van der Waals surface area contributed by atoms with Gasteiger partial charge >= 0.3 is 6.18 Å². The van der Waals surface area contributed by atoms with E-state index in [9.17, 15) is 17.6 Å². The monoisotopic (exact) mass is 406 g/mol. The third kappa shape index (κ3) is 7.57. The van der Waals surface area contributed by atoms with Crippen molar-refractivity contribution in [1.82, 2.24) is 15.5 Å². The van der Waals surface area contributed by atoms with Gasteiger partial charge in [-0.1, -0.05) is 6.07 Å². The quantitative estimate of drug-likeness (QED) is 0.414. The number of hydrogen-bond acceptors (Lipinski definition) is 3. The van der Waals surface area contributed by atoms with Crippen molar-refractivity contribution in [3.8, 4) is 0 Å². The Balaban J connectivity index is 1.80. The van der Waals surface area contributed by atoms with Gasteiger partial charge in [-0.2, -0.15) is 24.9 Å². The van der Waals surface area contributed by atoms with E-state index in [0.29, 0.717) is 32.1 Å². The average molecular weight is 406 g/mol. The molecular formula is C18H26F4N4S. The first-order valence-corrected chi connectivity index (χ1v) is 10.2. The summed E-state index contributed by atoms with van der Waals surface area (Å²) in [6, 6.07) is 4.73. The second-order valence-electron chi connectivity index (χ2n) is 6.66. The highest BCUT2D eigenvalue weighted by atomic mass is 32.2. The van der Waals surface area contributed by atoms with Crippen molar-refractivity contribution in [1.29, 1.82) is 0 Å². The molecule has 0 bridgehead atoms. The summed E-state index contributed by atoms with van der Waals surface area (Å²) in [6.45, 7) is 1.11. The summed E-state index contributed by atoms with van der Waals surface area (Å²) in [7, 11) is 1.65. The molecule has 0 spiro atoms. The molecule has 1 aliphatic rings. The Bertz CT molecular complexity index is 636. The zero-order chi connectivity index (χ0) is 19.9. The molecule has 0 amide bonds. The molecule has 2 rings (SSSR count). The molecule has 0 aromatic heterocycles. The lowest BCUT2D eigenvalue weighted by Gasteiger charge is -2.19. The lowest BCUT2D eigenvalue weighted by Crippen LogP contribution is -2.40. The fraction of sp³-hybridized carbons (Fsp3) is 0.611. The molecule has 4 nitrogen and oxygen atoms in total. The van der Waals surface area contributed by atoms with Gasteiger partial charge < -0.3 is 10.6 Å². The summed E-state index contributed by atoms with van der Waals surface area (Å²) in [4.78, 5) is 5.60. The highest BCUT2D eigenvalue weighted by Gasteiger charge is 2.34. The van der Waals surface area contributed by atoms with Crippen LogP contribution >= 0.6 is 11.8 Å². The maximum absolute atomic E-state index is 13.4. The molecule has 27 heavy (non-hydrogen) atoms.